The van der Waals surface area contributed by atoms with Crippen molar-refractivity contribution in [3.8, 4) is 0 Å². The summed E-state index contributed by atoms with van der Waals surface area (Å²) in [5, 5.41) is 0. The Kier molecular flexibility index (Phi) is 14.1. The fourth-order valence-electron chi connectivity index (χ4n) is 9.61. The molecule has 4 aliphatic rings. The van der Waals surface area contributed by atoms with Gasteiger partial charge in [-0.3, -0.25) is 4.79 Å². The van der Waals surface area contributed by atoms with Gasteiger partial charge >= 0.3 is 5.97 Å². The number of carbonyl (C=O) groups excluding carboxylic acids is 1. The maximum atomic E-state index is 12.9. The van der Waals surface area contributed by atoms with E-state index in [0.717, 1.165) is 62.7 Å². The first kappa shape index (κ1) is 37.0. The molecule has 0 heterocycles. The molecule has 0 unspecified atom stereocenters. The van der Waals surface area contributed by atoms with E-state index in [4.69, 9.17) is 9.16 Å². The molecular weight excluding hydrogens is 581 g/mol. The third-order valence-electron chi connectivity index (χ3n) is 12.1. The van der Waals surface area contributed by atoms with Gasteiger partial charge in [-0.05, 0) is 145 Å². The SMILES string of the molecule is CCCCC/C=C\C/C=C\C/C=C\C/C=C\CCCC(=O)O[C@@H]1CC[C@H]2[C@@H]3CC[C@H]4CC(O[Si](C)(C)C)=CC[C@]4(C)[C@H]3CC[C@]12C. The number of unbranched alkanes of at least 4 members (excludes halogenated alkanes) is 4. The van der Waals surface area contributed by atoms with Crippen molar-refractivity contribution in [2.45, 2.75) is 162 Å². The minimum absolute atomic E-state index is 0.0212. The monoisotopic (exact) mass is 648 g/mol. The molecule has 0 radical (unpaired) electrons. The molecule has 3 nitrogen and oxygen atoms in total. The number of fused-ring (bicyclic) bond motifs is 5. The van der Waals surface area contributed by atoms with Gasteiger partial charge in [0.25, 0.3) is 0 Å². The fourth-order valence-corrected chi connectivity index (χ4v) is 10.6. The number of hydrogen-bond acceptors (Lipinski definition) is 3. The Morgan fingerprint density at radius 2 is 1.43 bits per heavy atom. The summed E-state index contributed by atoms with van der Waals surface area (Å²) in [7, 11) is -1.56. The Morgan fingerprint density at radius 1 is 0.804 bits per heavy atom. The van der Waals surface area contributed by atoms with Gasteiger partial charge < -0.3 is 9.16 Å². The van der Waals surface area contributed by atoms with Crippen LogP contribution in [0.25, 0.3) is 0 Å². The second-order valence-electron chi connectivity index (χ2n) is 16.5. The molecule has 0 amide bonds. The highest BCUT2D eigenvalue weighted by atomic mass is 28.4. The van der Waals surface area contributed by atoms with Crippen molar-refractivity contribution >= 4 is 14.3 Å². The quantitative estimate of drug-likeness (QED) is 0.0681. The molecule has 0 N–H and O–H groups in total. The largest absolute Gasteiger partial charge is 0.548 e. The molecule has 4 aliphatic carbocycles. The summed E-state index contributed by atoms with van der Waals surface area (Å²) in [6, 6.07) is 0. The zero-order valence-electron chi connectivity index (χ0n) is 30.5. The summed E-state index contributed by atoms with van der Waals surface area (Å²) in [4.78, 5) is 12.9. The number of allylic oxidation sites excluding steroid dienone is 10. The van der Waals surface area contributed by atoms with E-state index in [9.17, 15) is 4.79 Å². The highest BCUT2D eigenvalue weighted by Crippen LogP contribution is 2.66. The normalized spacial score (nSPS) is 33.0. The highest BCUT2D eigenvalue weighted by Gasteiger charge is 2.60. The number of hydrogen-bond donors (Lipinski definition) is 0. The minimum atomic E-state index is -1.56. The van der Waals surface area contributed by atoms with Crippen LogP contribution in [0.3, 0.4) is 0 Å². The average Bonchev–Trinajstić information content (AvgIpc) is 3.33. The van der Waals surface area contributed by atoms with E-state index in [0.29, 0.717) is 17.8 Å². The second-order valence-corrected chi connectivity index (χ2v) is 21.0. The van der Waals surface area contributed by atoms with Crippen LogP contribution < -0.4 is 0 Å². The van der Waals surface area contributed by atoms with Gasteiger partial charge in [-0.2, -0.15) is 0 Å². The van der Waals surface area contributed by atoms with Gasteiger partial charge in [-0.1, -0.05) is 82.2 Å². The maximum absolute atomic E-state index is 12.9. The van der Waals surface area contributed by atoms with Crippen molar-refractivity contribution in [1.29, 1.82) is 0 Å². The average molecular weight is 649 g/mol. The van der Waals surface area contributed by atoms with Crippen molar-refractivity contribution in [2.24, 2.45) is 34.5 Å². The molecule has 0 saturated heterocycles. The Balaban J connectivity index is 1.13. The standard InChI is InChI=1S/C42H68O3Si/c1-7-8-9-10-11-12-13-14-15-16-17-18-19-20-21-22-23-24-40(43)44-39-28-27-37-36-26-25-34-33-35(45-46(4,5)6)29-31-41(34,2)38(36)30-32-42(37,39)3/h11-12,14-15,17-18,20-21,29,34,36-39H,7-10,13,16,19,22-28,30-33H2,1-6H3/b12-11-,15-14-,18-17-,21-20-/t34-,36-,37-,38-,39+,41-,42-/m0/s1. The molecule has 7 atom stereocenters. The lowest BCUT2D eigenvalue weighted by molar-refractivity contribution is -0.162. The minimum Gasteiger partial charge on any atom is -0.548 e. The second kappa shape index (κ2) is 17.5. The van der Waals surface area contributed by atoms with Crippen LogP contribution in [0.4, 0.5) is 0 Å². The zero-order valence-corrected chi connectivity index (χ0v) is 31.5. The molecule has 0 aromatic carbocycles. The summed E-state index contributed by atoms with van der Waals surface area (Å²) in [6.45, 7) is 14.2. The van der Waals surface area contributed by atoms with E-state index in [-0.39, 0.29) is 17.5 Å². The molecule has 258 valence electrons. The third kappa shape index (κ3) is 10.1. The van der Waals surface area contributed by atoms with Crippen molar-refractivity contribution in [2.75, 3.05) is 0 Å². The summed E-state index contributed by atoms with van der Waals surface area (Å²) in [5.74, 6) is 4.36. The van der Waals surface area contributed by atoms with Crippen LogP contribution >= 0.6 is 0 Å². The first-order valence-corrected chi connectivity index (χ1v) is 22.6. The molecule has 4 heteroatoms. The molecular formula is C42H68O3Si. The molecule has 0 bridgehead atoms. The summed E-state index contributed by atoms with van der Waals surface area (Å²) in [6.07, 6.45) is 40.9. The number of carbonyl (C=O) groups is 1. The van der Waals surface area contributed by atoms with Crippen LogP contribution in [0.2, 0.25) is 19.6 Å². The van der Waals surface area contributed by atoms with Crippen LogP contribution in [0.5, 0.6) is 0 Å². The Labute approximate surface area is 284 Å². The van der Waals surface area contributed by atoms with E-state index in [2.05, 4.69) is 95.1 Å². The fraction of sp³-hybridized carbons (Fsp3) is 0.738. The van der Waals surface area contributed by atoms with Crippen molar-refractivity contribution < 1.29 is 14.0 Å². The van der Waals surface area contributed by atoms with Gasteiger partial charge in [0.1, 0.15) is 6.10 Å². The Morgan fingerprint density at radius 3 is 2.09 bits per heavy atom. The van der Waals surface area contributed by atoms with Gasteiger partial charge in [0.2, 0.25) is 8.32 Å². The van der Waals surface area contributed by atoms with E-state index in [1.54, 1.807) is 0 Å². The molecule has 0 aliphatic heterocycles. The lowest BCUT2D eigenvalue weighted by Crippen LogP contribution is -2.53. The molecule has 0 spiro atoms. The highest BCUT2D eigenvalue weighted by molar-refractivity contribution is 6.70. The summed E-state index contributed by atoms with van der Waals surface area (Å²) in [5.41, 5.74) is 0.555. The van der Waals surface area contributed by atoms with Crippen LogP contribution in [0, 0.1) is 34.5 Å². The predicted molar refractivity (Wildman–Crippen MR) is 198 cm³/mol. The topological polar surface area (TPSA) is 35.5 Å². The van der Waals surface area contributed by atoms with E-state index < -0.39 is 8.32 Å². The first-order chi connectivity index (χ1) is 22.1. The molecule has 46 heavy (non-hydrogen) atoms. The number of esters is 1. The van der Waals surface area contributed by atoms with Crippen LogP contribution in [0.15, 0.2) is 60.4 Å². The molecule has 0 aromatic heterocycles. The smallest absolute Gasteiger partial charge is 0.306 e. The number of ether oxygens (including phenoxy) is 1. The third-order valence-corrected chi connectivity index (χ3v) is 13.0. The first-order valence-electron chi connectivity index (χ1n) is 19.2. The van der Waals surface area contributed by atoms with E-state index >= 15 is 0 Å². The van der Waals surface area contributed by atoms with Crippen molar-refractivity contribution in [1.82, 2.24) is 0 Å². The molecule has 3 fully saturated rings. The lowest BCUT2D eigenvalue weighted by Gasteiger charge is -2.59. The van der Waals surface area contributed by atoms with Crippen LogP contribution in [0.1, 0.15) is 136 Å². The summed E-state index contributed by atoms with van der Waals surface area (Å²) < 4.78 is 12.8. The van der Waals surface area contributed by atoms with Gasteiger partial charge in [-0.25, -0.2) is 0 Å². The molecule has 0 aromatic rings. The zero-order chi connectivity index (χ0) is 33.0. The van der Waals surface area contributed by atoms with Gasteiger partial charge in [-0.15, -0.1) is 0 Å². The summed E-state index contributed by atoms with van der Waals surface area (Å²) >= 11 is 0. The van der Waals surface area contributed by atoms with Crippen molar-refractivity contribution in [3.05, 3.63) is 60.4 Å². The lowest BCUT2D eigenvalue weighted by atomic mass is 9.46. The molecule has 3 saturated carbocycles. The number of rotatable bonds is 17. The Bertz CT molecular complexity index is 1110. The maximum Gasteiger partial charge on any atom is 0.306 e. The van der Waals surface area contributed by atoms with Crippen LogP contribution in [-0.2, 0) is 14.0 Å². The van der Waals surface area contributed by atoms with Crippen molar-refractivity contribution in [3.63, 3.8) is 0 Å². The van der Waals surface area contributed by atoms with E-state index in [1.165, 1.54) is 70.0 Å². The van der Waals surface area contributed by atoms with Crippen LogP contribution in [-0.4, -0.2) is 20.4 Å². The van der Waals surface area contributed by atoms with Gasteiger partial charge in [0, 0.05) is 18.3 Å². The van der Waals surface area contributed by atoms with Gasteiger partial charge in [0.15, 0.2) is 0 Å². The van der Waals surface area contributed by atoms with E-state index in [1.807, 2.05) is 0 Å². The Hall–Kier alpha value is -1.81. The molecule has 4 rings (SSSR count). The van der Waals surface area contributed by atoms with Gasteiger partial charge in [0.05, 0.1) is 5.76 Å². The predicted octanol–water partition coefficient (Wildman–Crippen LogP) is 12.4.